The van der Waals surface area contributed by atoms with Crippen LogP contribution >= 0.6 is 0 Å². The predicted molar refractivity (Wildman–Crippen MR) is 59.3 cm³/mol. The fraction of sp³-hybridized carbons (Fsp3) is 1.00. The van der Waals surface area contributed by atoms with Gasteiger partial charge in [-0.05, 0) is 45.4 Å². The number of hydrogen-bond acceptors (Lipinski definition) is 3. The van der Waals surface area contributed by atoms with Crippen LogP contribution in [0.2, 0.25) is 0 Å². The number of likely N-dealkylation sites (N-methyl/N-ethyl adjacent to an activating group) is 1. The van der Waals surface area contributed by atoms with Gasteiger partial charge >= 0.3 is 0 Å². The van der Waals surface area contributed by atoms with Crippen molar-refractivity contribution in [2.45, 2.75) is 38.3 Å². The highest BCUT2D eigenvalue weighted by molar-refractivity contribution is 4.91. The Hall–Kier alpha value is -0.120. The summed E-state index contributed by atoms with van der Waals surface area (Å²) < 4.78 is 0. The lowest BCUT2D eigenvalue weighted by Crippen LogP contribution is -2.57. The molecular weight excluding hydrogens is 174 g/mol. The lowest BCUT2D eigenvalue weighted by atomic mass is 9.99. The van der Waals surface area contributed by atoms with E-state index < -0.39 is 0 Å². The summed E-state index contributed by atoms with van der Waals surface area (Å²) in [5, 5.41) is 0. The first-order valence-electron chi connectivity index (χ1n) is 6.03. The van der Waals surface area contributed by atoms with Crippen molar-refractivity contribution >= 4 is 0 Å². The first-order chi connectivity index (χ1) is 6.81. The molecule has 2 aliphatic heterocycles. The molecule has 0 radical (unpaired) electrons. The van der Waals surface area contributed by atoms with Crippen molar-refractivity contribution in [1.29, 1.82) is 0 Å². The Morgan fingerprint density at radius 3 is 2.57 bits per heavy atom. The van der Waals surface area contributed by atoms with Gasteiger partial charge in [-0.25, -0.2) is 0 Å². The van der Waals surface area contributed by atoms with E-state index in [-0.39, 0.29) is 0 Å². The molecule has 0 aromatic carbocycles. The van der Waals surface area contributed by atoms with Crippen LogP contribution in [-0.4, -0.2) is 54.6 Å². The van der Waals surface area contributed by atoms with Gasteiger partial charge in [0.1, 0.15) is 0 Å². The molecule has 2 aliphatic rings. The van der Waals surface area contributed by atoms with Crippen molar-refractivity contribution in [3.63, 3.8) is 0 Å². The van der Waals surface area contributed by atoms with E-state index >= 15 is 0 Å². The molecule has 0 aromatic heterocycles. The SMILES string of the molecule is CCN1CCC(N)C(N2CCCC2)C1. The van der Waals surface area contributed by atoms with Gasteiger partial charge in [-0.15, -0.1) is 0 Å². The molecule has 3 nitrogen and oxygen atoms in total. The average Bonchev–Trinajstić information content (AvgIpc) is 2.71. The summed E-state index contributed by atoms with van der Waals surface area (Å²) in [6, 6.07) is 1.04. The van der Waals surface area contributed by atoms with E-state index in [2.05, 4.69) is 16.7 Å². The highest BCUT2D eigenvalue weighted by Gasteiger charge is 2.31. The van der Waals surface area contributed by atoms with Gasteiger partial charge < -0.3 is 10.6 Å². The lowest BCUT2D eigenvalue weighted by Gasteiger charge is -2.41. The van der Waals surface area contributed by atoms with Gasteiger partial charge in [0.2, 0.25) is 0 Å². The second kappa shape index (κ2) is 4.60. The number of likely N-dealkylation sites (tertiary alicyclic amines) is 2. The molecule has 2 atom stereocenters. The van der Waals surface area contributed by atoms with E-state index in [1.807, 2.05) is 0 Å². The van der Waals surface area contributed by atoms with Gasteiger partial charge in [0.05, 0.1) is 0 Å². The number of nitrogens with two attached hydrogens (primary N) is 1. The fourth-order valence-electron chi connectivity index (χ4n) is 2.76. The third kappa shape index (κ3) is 2.10. The van der Waals surface area contributed by atoms with Crippen molar-refractivity contribution in [2.24, 2.45) is 5.73 Å². The smallest absolute Gasteiger partial charge is 0.0374 e. The van der Waals surface area contributed by atoms with Crippen molar-refractivity contribution in [2.75, 3.05) is 32.7 Å². The van der Waals surface area contributed by atoms with Crippen LogP contribution in [0.3, 0.4) is 0 Å². The number of piperidine rings is 1. The van der Waals surface area contributed by atoms with Gasteiger partial charge in [-0.3, -0.25) is 4.90 Å². The standard InChI is InChI=1S/C11H23N3/c1-2-13-8-5-10(12)11(9-13)14-6-3-4-7-14/h10-11H,2-9,12H2,1H3. The highest BCUT2D eigenvalue weighted by atomic mass is 15.3. The van der Waals surface area contributed by atoms with Gasteiger partial charge in [-0.1, -0.05) is 6.92 Å². The minimum Gasteiger partial charge on any atom is -0.326 e. The third-order valence-corrected chi connectivity index (χ3v) is 3.78. The summed E-state index contributed by atoms with van der Waals surface area (Å²) in [5.74, 6) is 0. The Kier molecular flexibility index (Phi) is 3.42. The van der Waals surface area contributed by atoms with Gasteiger partial charge in [-0.2, -0.15) is 0 Å². The Morgan fingerprint density at radius 1 is 1.21 bits per heavy atom. The quantitative estimate of drug-likeness (QED) is 0.700. The number of hydrogen-bond donors (Lipinski definition) is 1. The summed E-state index contributed by atoms with van der Waals surface area (Å²) in [6.07, 6.45) is 3.92. The molecule has 2 rings (SSSR count). The normalized spacial score (nSPS) is 36.4. The summed E-state index contributed by atoms with van der Waals surface area (Å²) in [5.41, 5.74) is 6.21. The zero-order chi connectivity index (χ0) is 9.97. The molecular formula is C11H23N3. The first kappa shape index (κ1) is 10.4. The van der Waals surface area contributed by atoms with Gasteiger partial charge in [0, 0.05) is 18.6 Å². The molecule has 2 saturated heterocycles. The zero-order valence-electron chi connectivity index (χ0n) is 9.28. The maximum atomic E-state index is 6.21. The fourth-order valence-corrected chi connectivity index (χ4v) is 2.76. The molecule has 82 valence electrons. The zero-order valence-corrected chi connectivity index (χ0v) is 9.28. The average molecular weight is 197 g/mol. The monoisotopic (exact) mass is 197 g/mol. The molecule has 0 aliphatic carbocycles. The minimum atomic E-state index is 0.413. The molecule has 14 heavy (non-hydrogen) atoms. The van der Waals surface area contributed by atoms with Crippen LogP contribution in [0.5, 0.6) is 0 Å². The van der Waals surface area contributed by atoms with E-state index in [1.54, 1.807) is 0 Å². The van der Waals surface area contributed by atoms with Gasteiger partial charge in [0.15, 0.2) is 0 Å². The summed E-state index contributed by atoms with van der Waals surface area (Å²) in [7, 11) is 0. The molecule has 2 N–H and O–H groups in total. The van der Waals surface area contributed by atoms with Crippen molar-refractivity contribution in [3.05, 3.63) is 0 Å². The molecule has 2 heterocycles. The van der Waals surface area contributed by atoms with Crippen LogP contribution in [0, 0.1) is 0 Å². The lowest BCUT2D eigenvalue weighted by molar-refractivity contribution is 0.102. The third-order valence-electron chi connectivity index (χ3n) is 3.78. The molecule has 0 aromatic rings. The molecule has 0 bridgehead atoms. The number of rotatable bonds is 2. The molecule has 0 saturated carbocycles. The maximum Gasteiger partial charge on any atom is 0.0374 e. The van der Waals surface area contributed by atoms with Crippen LogP contribution in [0.4, 0.5) is 0 Å². The Labute approximate surface area is 87.2 Å². The summed E-state index contributed by atoms with van der Waals surface area (Å²) in [6.45, 7) is 8.36. The summed E-state index contributed by atoms with van der Waals surface area (Å²) >= 11 is 0. The Balaban J connectivity index is 1.93. The van der Waals surface area contributed by atoms with Crippen LogP contribution in [0.15, 0.2) is 0 Å². The van der Waals surface area contributed by atoms with E-state index in [4.69, 9.17) is 5.73 Å². The number of nitrogens with zero attached hydrogens (tertiary/aromatic N) is 2. The van der Waals surface area contributed by atoms with Crippen molar-refractivity contribution in [3.8, 4) is 0 Å². The summed E-state index contributed by atoms with van der Waals surface area (Å²) in [4.78, 5) is 5.14. The highest BCUT2D eigenvalue weighted by Crippen LogP contribution is 2.19. The predicted octanol–water partition coefficient (Wildman–Crippen LogP) is 0.504. The second-order valence-electron chi connectivity index (χ2n) is 4.66. The van der Waals surface area contributed by atoms with E-state index in [0.717, 1.165) is 0 Å². The van der Waals surface area contributed by atoms with E-state index in [9.17, 15) is 0 Å². The Bertz CT molecular complexity index is 177. The molecule has 3 heteroatoms. The van der Waals surface area contributed by atoms with Crippen molar-refractivity contribution in [1.82, 2.24) is 9.80 Å². The Morgan fingerprint density at radius 2 is 1.93 bits per heavy atom. The van der Waals surface area contributed by atoms with Crippen LogP contribution < -0.4 is 5.73 Å². The van der Waals surface area contributed by atoms with Crippen LogP contribution in [-0.2, 0) is 0 Å². The van der Waals surface area contributed by atoms with E-state index in [1.165, 1.54) is 52.0 Å². The molecule has 0 spiro atoms. The van der Waals surface area contributed by atoms with Crippen LogP contribution in [0.1, 0.15) is 26.2 Å². The van der Waals surface area contributed by atoms with Crippen molar-refractivity contribution < 1.29 is 0 Å². The second-order valence-corrected chi connectivity index (χ2v) is 4.66. The molecule has 2 unspecified atom stereocenters. The first-order valence-corrected chi connectivity index (χ1v) is 6.03. The molecule has 0 amide bonds. The largest absolute Gasteiger partial charge is 0.326 e. The van der Waals surface area contributed by atoms with Gasteiger partial charge in [0.25, 0.3) is 0 Å². The maximum absolute atomic E-state index is 6.21. The molecule has 2 fully saturated rings. The minimum absolute atomic E-state index is 0.413. The van der Waals surface area contributed by atoms with E-state index in [0.29, 0.717) is 12.1 Å². The topological polar surface area (TPSA) is 32.5 Å². The van der Waals surface area contributed by atoms with Crippen LogP contribution in [0.25, 0.3) is 0 Å².